The van der Waals surface area contributed by atoms with E-state index < -0.39 is 0 Å². The van der Waals surface area contributed by atoms with E-state index in [-0.39, 0.29) is 0 Å². The highest BCUT2D eigenvalue weighted by Gasteiger charge is 2.22. The van der Waals surface area contributed by atoms with Crippen LogP contribution in [0.15, 0.2) is 48.7 Å². The molecule has 3 nitrogen and oxygen atoms in total. The maximum absolute atomic E-state index is 6.39. The lowest BCUT2D eigenvalue weighted by Crippen LogP contribution is -2.34. The van der Waals surface area contributed by atoms with Gasteiger partial charge in [-0.05, 0) is 73.5 Å². The minimum atomic E-state index is 0.510. The minimum absolute atomic E-state index is 0.510. The summed E-state index contributed by atoms with van der Waals surface area (Å²) < 4.78 is 5.92. The van der Waals surface area contributed by atoms with Crippen molar-refractivity contribution in [3.8, 4) is 5.75 Å². The van der Waals surface area contributed by atoms with Crippen molar-refractivity contribution in [2.45, 2.75) is 25.2 Å². The molecule has 0 amide bonds. The second-order valence-corrected chi connectivity index (χ2v) is 7.97. The summed E-state index contributed by atoms with van der Waals surface area (Å²) in [5, 5.41) is 2.60. The van der Waals surface area contributed by atoms with Gasteiger partial charge >= 0.3 is 0 Å². The third-order valence-corrected chi connectivity index (χ3v) is 6.26. The number of rotatable bonds is 6. The first-order valence-electron chi connectivity index (χ1n) is 9.57. The molecule has 1 aliphatic heterocycles. The third-order valence-electron chi connectivity index (χ3n) is 5.42. The molecule has 5 heteroatoms. The molecule has 27 heavy (non-hydrogen) atoms. The highest BCUT2D eigenvalue weighted by atomic mass is 35.5. The van der Waals surface area contributed by atoms with Crippen molar-refractivity contribution in [3.63, 3.8) is 0 Å². The Morgan fingerprint density at radius 2 is 1.93 bits per heavy atom. The molecule has 3 aromatic rings. The average Bonchev–Trinajstić information content (AvgIpc) is 3.16. The van der Waals surface area contributed by atoms with Gasteiger partial charge in [-0.2, -0.15) is 0 Å². The molecule has 2 aromatic carbocycles. The molecular formula is C22H24Cl2N2O. The Morgan fingerprint density at radius 3 is 2.78 bits per heavy atom. The van der Waals surface area contributed by atoms with Crippen molar-refractivity contribution in [3.05, 3.63) is 64.3 Å². The number of likely N-dealkylation sites (tertiary alicyclic amines) is 1. The lowest BCUT2D eigenvalue weighted by Gasteiger charge is -2.32. The van der Waals surface area contributed by atoms with Crippen molar-refractivity contribution in [1.82, 2.24) is 9.88 Å². The van der Waals surface area contributed by atoms with Gasteiger partial charge in [0.1, 0.15) is 5.75 Å². The fourth-order valence-electron chi connectivity index (χ4n) is 3.90. The summed E-state index contributed by atoms with van der Waals surface area (Å²) in [6, 6.07) is 14.2. The predicted octanol–water partition coefficient (Wildman–Crippen LogP) is 6.12. The van der Waals surface area contributed by atoms with Crippen LogP contribution in [0.3, 0.4) is 0 Å². The van der Waals surface area contributed by atoms with E-state index in [1.807, 2.05) is 24.4 Å². The van der Waals surface area contributed by atoms with Crippen LogP contribution in [0.4, 0.5) is 0 Å². The zero-order valence-corrected chi connectivity index (χ0v) is 16.8. The largest absolute Gasteiger partial charge is 0.493 e. The average molecular weight is 403 g/mol. The van der Waals surface area contributed by atoms with Crippen LogP contribution in [0, 0.1) is 0 Å². The van der Waals surface area contributed by atoms with Crippen molar-refractivity contribution < 1.29 is 4.74 Å². The number of nitrogens with zero attached hydrogens (tertiary/aromatic N) is 1. The predicted molar refractivity (Wildman–Crippen MR) is 113 cm³/mol. The fraction of sp³-hybridized carbons (Fsp3) is 0.364. The van der Waals surface area contributed by atoms with Crippen LogP contribution in [0.25, 0.3) is 10.9 Å². The molecule has 2 heterocycles. The maximum atomic E-state index is 6.39. The van der Waals surface area contributed by atoms with Gasteiger partial charge in [0.25, 0.3) is 0 Å². The Balaban J connectivity index is 1.21. The number of fused-ring (bicyclic) bond motifs is 1. The first kappa shape index (κ1) is 18.7. The molecular weight excluding hydrogens is 379 g/mol. The number of aromatic nitrogens is 1. The Hall–Kier alpha value is -1.68. The quantitative estimate of drug-likeness (QED) is 0.502. The van der Waals surface area contributed by atoms with E-state index in [1.165, 1.54) is 10.9 Å². The van der Waals surface area contributed by atoms with E-state index in [0.717, 1.165) is 61.8 Å². The SMILES string of the molecule is Clc1cccc(C2CCN(CCCOc3ccc4cc[nH]c4c3)CC2)c1Cl. The Kier molecular flexibility index (Phi) is 5.92. The van der Waals surface area contributed by atoms with Gasteiger partial charge in [0.15, 0.2) is 0 Å². The van der Waals surface area contributed by atoms with Crippen molar-refractivity contribution in [2.75, 3.05) is 26.2 Å². The lowest BCUT2D eigenvalue weighted by atomic mass is 9.89. The van der Waals surface area contributed by atoms with E-state index in [0.29, 0.717) is 10.9 Å². The molecule has 1 aliphatic rings. The number of hydrogen-bond acceptors (Lipinski definition) is 2. The van der Waals surface area contributed by atoms with Gasteiger partial charge in [0, 0.05) is 24.3 Å². The molecule has 4 rings (SSSR count). The van der Waals surface area contributed by atoms with E-state index in [2.05, 4.69) is 34.1 Å². The molecule has 0 atom stereocenters. The molecule has 142 valence electrons. The van der Waals surface area contributed by atoms with Gasteiger partial charge in [-0.15, -0.1) is 0 Å². The summed E-state index contributed by atoms with van der Waals surface area (Å²) in [5.74, 6) is 1.44. The van der Waals surface area contributed by atoms with Crippen molar-refractivity contribution in [1.29, 1.82) is 0 Å². The molecule has 0 radical (unpaired) electrons. The monoisotopic (exact) mass is 402 g/mol. The number of piperidine rings is 1. The van der Waals surface area contributed by atoms with Crippen LogP contribution in [0.1, 0.15) is 30.7 Å². The molecule has 1 saturated heterocycles. The highest BCUT2D eigenvalue weighted by molar-refractivity contribution is 6.42. The number of nitrogens with one attached hydrogen (secondary N) is 1. The second kappa shape index (κ2) is 8.55. The van der Waals surface area contributed by atoms with Crippen LogP contribution in [0.5, 0.6) is 5.75 Å². The Labute approximate surface area is 170 Å². The topological polar surface area (TPSA) is 28.3 Å². The summed E-state index contributed by atoms with van der Waals surface area (Å²) in [6.45, 7) is 4.01. The van der Waals surface area contributed by atoms with Crippen LogP contribution < -0.4 is 4.74 Å². The van der Waals surface area contributed by atoms with Gasteiger partial charge in [-0.1, -0.05) is 35.3 Å². The first-order chi connectivity index (χ1) is 13.2. The number of aromatic amines is 1. The van der Waals surface area contributed by atoms with E-state index >= 15 is 0 Å². The van der Waals surface area contributed by atoms with Crippen LogP contribution in [-0.4, -0.2) is 36.1 Å². The summed E-state index contributed by atoms with van der Waals surface area (Å²) in [4.78, 5) is 5.74. The minimum Gasteiger partial charge on any atom is -0.493 e. The van der Waals surface area contributed by atoms with E-state index in [9.17, 15) is 0 Å². The number of hydrogen-bond donors (Lipinski definition) is 1. The van der Waals surface area contributed by atoms with Crippen molar-refractivity contribution >= 4 is 34.1 Å². The fourth-order valence-corrected chi connectivity index (χ4v) is 4.36. The molecule has 0 bridgehead atoms. The van der Waals surface area contributed by atoms with Crippen molar-refractivity contribution in [2.24, 2.45) is 0 Å². The van der Waals surface area contributed by atoms with Gasteiger partial charge in [-0.3, -0.25) is 0 Å². The summed E-state index contributed by atoms with van der Waals surface area (Å²) in [5.41, 5.74) is 2.32. The van der Waals surface area contributed by atoms with Gasteiger partial charge < -0.3 is 14.6 Å². The van der Waals surface area contributed by atoms with Crippen LogP contribution in [0.2, 0.25) is 10.0 Å². The summed E-state index contributed by atoms with van der Waals surface area (Å²) in [7, 11) is 0. The zero-order valence-electron chi connectivity index (χ0n) is 15.3. The standard InChI is InChI=1S/C22H24Cl2N2O/c23-20-4-1-3-19(22(20)24)16-8-12-26(13-9-16)11-2-14-27-18-6-5-17-7-10-25-21(17)15-18/h1,3-7,10,15-16,25H,2,8-9,11-14H2. The molecule has 1 fully saturated rings. The van der Waals surface area contributed by atoms with Crippen LogP contribution >= 0.6 is 23.2 Å². The number of benzene rings is 2. The number of ether oxygens (including phenoxy) is 1. The maximum Gasteiger partial charge on any atom is 0.121 e. The van der Waals surface area contributed by atoms with E-state index in [1.54, 1.807) is 0 Å². The zero-order chi connectivity index (χ0) is 18.6. The Morgan fingerprint density at radius 1 is 1.07 bits per heavy atom. The lowest BCUT2D eigenvalue weighted by molar-refractivity contribution is 0.193. The molecule has 0 unspecified atom stereocenters. The second-order valence-electron chi connectivity index (χ2n) is 7.19. The van der Waals surface area contributed by atoms with Gasteiger partial charge in [-0.25, -0.2) is 0 Å². The molecule has 0 spiro atoms. The summed E-state index contributed by atoms with van der Waals surface area (Å²) >= 11 is 12.6. The van der Waals surface area contributed by atoms with E-state index in [4.69, 9.17) is 27.9 Å². The normalized spacial score (nSPS) is 16.1. The number of halogens is 2. The molecule has 0 saturated carbocycles. The smallest absolute Gasteiger partial charge is 0.121 e. The van der Waals surface area contributed by atoms with Crippen LogP contribution in [-0.2, 0) is 0 Å². The number of H-pyrrole nitrogens is 1. The Bertz CT molecular complexity index is 900. The first-order valence-corrected chi connectivity index (χ1v) is 10.3. The molecule has 1 N–H and O–H groups in total. The van der Waals surface area contributed by atoms with Gasteiger partial charge in [0.2, 0.25) is 0 Å². The third kappa shape index (κ3) is 4.43. The molecule has 0 aliphatic carbocycles. The van der Waals surface area contributed by atoms with Gasteiger partial charge in [0.05, 0.1) is 16.7 Å². The molecule has 1 aromatic heterocycles. The summed E-state index contributed by atoms with van der Waals surface area (Å²) in [6.07, 6.45) is 5.24. The highest BCUT2D eigenvalue weighted by Crippen LogP contribution is 2.36.